The Morgan fingerprint density at radius 2 is 2.38 bits per heavy atom. The molecule has 0 bridgehead atoms. The summed E-state index contributed by atoms with van der Waals surface area (Å²) < 4.78 is 0. The highest BCUT2D eigenvalue weighted by atomic mass is 16.3. The summed E-state index contributed by atoms with van der Waals surface area (Å²) in [6.07, 6.45) is 0. The third kappa shape index (κ3) is 1.87. The number of carbonyl (C=O) groups is 1. The Labute approximate surface area is 46.6 Å². The first-order valence-corrected chi connectivity index (χ1v) is 2.09. The Kier molecular flexibility index (Phi) is 3.09. The van der Waals surface area contributed by atoms with Crippen molar-refractivity contribution in [3.8, 4) is 0 Å². The molecule has 6 N–H and O–H groups in total. The second-order valence-electron chi connectivity index (χ2n) is 1.30. The van der Waals surface area contributed by atoms with Gasteiger partial charge in [0.15, 0.2) is 0 Å². The molecule has 0 aromatic carbocycles. The van der Waals surface area contributed by atoms with E-state index in [4.69, 9.17) is 10.8 Å². The number of hydrazine groups is 1. The van der Waals surface area contributed by atoms with Crippen molar-refractivity contribution in [2.24, 2.45) is 11.6 Å². The van der Waals surface area contributed by atoms with Crippen LogP contribution in [0, 0.1) is 0 Å². The molecule has 5 heteroatoms. The van der Waals surface area contributed by atoms with Crippen molar-refractivity contribution in [3.05, 3.63) is 0 Å². The van der Waals surface area contributed by atoms with Crippen LogP contribution in [0.25, 0.3) is 0 Å². The zero-order valence-electron chi connectivity index (χ0n) is 4.29. The van der Waals surface area contributed by atoms with Crippen LogP contribution in [-0.4, -0.2) is 23.7 Å². The van der Waals surface area contributed by atoms with Crippen molar-refractivity contribution in [1.29, 1.82) is 0 Å². The van der Waals surface area contributed by atoms with E-state index in [1.165, 1.54) is 0 Å². The number of hydrogen-bond donors (Lipinski definition) is 4. The summed E-state index contributed by atoms with van der Waals surface area (Å²) in [7, 11) is 0. The molecule has 0 aromatic rings. The lowest BCUT2D eigenvalue weighted by molar-refractivity contribution is -0.123. The molecule has 0 fully saturated rings. The summed E-state index contributed by atoms with van der Waals surface area (Å²) in [6.45, 7) is -0.386. The number of nitrogens with two attached hydrogens (primary N) is 2. The fourth-order valence-corrected chi connectivity index (χ4v) is 0.190. The number of rotatable bonds is 2. The van der Waals surface area contributed by atoms with Gasteiger partial charge >= 0.3 is 0 Å². The molecule has 0 aromatic heterocycles. The molecule has 1 amide bonds. The molecule has 1 atom stereocenters. The van der Waals surface area contributed by atoms with E-state index >= 15 is 0 Å². The number of nitrogens with one attached hydrogen (secondary N) is 1. The number of amides is 1. The number of hydrogen-bond acceptors (Lipinski definition) is 4. The van der Waals surface area contributed by atoms with E-state index in [1.807, 2.05) is 0 Å². The van der Waals surface area contributed by atoms with E-state index in [0.29, 0.717) is 0 Å². The fraction of sp³-hybridized carbons (Fsp3) is 0.667. The van der Waals surface area contributed by atoms with Crippen LogP contribution in [-0.2, 0) is 4.79 Å². The lowest BCUT2D eigenvalue weighted by Gasteiger charge is -2.03. The highest BCUT2D eigenvalue weighted by molar-refractivity contribution is 5.80. The van der Waals surface area contributed by atoms with Gasteiger partial charge in [0.2, 0.25) is 0 Å². The van der Waals surface area contributed by atoms with Gasteiger partial charge in [-0.15, -0.1) is 0 Å². The Morgan fingerprint density at radius 1 is 1.88 bits per heavy atom. The Morgan fingerprint density at radius 3 is 2.50 bits per heavy atom. The molecule has 0 rings (SSSR count). The van der Waals surface area contributed by atoms with Crippen molar-refractivity contribution >= 4 is 5.91 Å². The quantitative estimate of drug-likeness (QED) is 0.180. The maximum absolute atomic E-state index is 10.2. The lowest BCUT2D eigenvalue weighted by atomic mass is 10.3. The predicted octanol–water partition coefficient (Wildman–Crippen LogP) is -2.70. The monoisotopic (exact) mass is 119 g/mol. The van der Waals surface area contributed by atoms with Crippen LogP contribution in [0.4, 0.5) is 0 Å². The topological polar surface area (TPSA) is 101 Å². The molecule has 0 aliphatic heterocycles. The summed E-state index contributed by atoms with van der Waals surface area (Å²) in [5.41, 5.74) is 6.78. The van der Waals surface area contributed by atoms with Crippen molar-refractivity contribution in [3.63, 3.8) is 0 Å². The summed E-state index contributed by atoms with van der Waals surface area (Å²) in [6, 6.07) is -0.903. The Balaban J connectivity index is 3.46. The third-order valence-electron chi connectivity index (χ3n) is 0.676. The summed E-state index contributed by atoms with van der Waals surface area (Å²) in [4.78, 5) is 10.2. The average molecular weight is 119 g/mol. The Hall–Kier alpha value is -0.650. The number of aliphatic hydroxyl groups is 1. The van der Waals surface area contributed by atoms with E-state index < -0.39 is 11.9 Å². The van der Waals surface area contributed by atoms with Crippen molar-refractivity contribution < 1.29 is 9.90 Å². The minimum absolute atomic E-state index is 0.386. The van der Waals surface area contributed by atoms with Gasteiger partial charge < -0.3 is 10.8 Å². The van der Waals surface area contributed by atoms with E-state index in [0.717, 1.165) is 0 Å². The fourth-order valence-electron chi connectivity index (χ4n) is 0.190. The molecular weight excluding hydrogens is 110 g/mol. The van der Waals surface area contributed by atoms with Gasteiger partial charge in [0.1, 0.15) is 6.04 Å². The van der Waals surface area contributed by atoms with Gasteiger partial charge in [-0.2, -0.15) is 0 Å². The summed E-state index contributed by atoms with van der Waals surface area (Å²) >= 11 is 0. The molecular formula is C3H9N3O2. The molecule has 0 saturated carbocycles. The van der Waals surface area contributed by atoms with Crippen molar-refractivity contribution in [2.75, 3.05) is 6.61 Å². The largest absolute Gasteiger partial charge is 0.394 e. The van der Waals surface area contributed by atoms with Gasteiger partial charge in [-0.25, -0.2) is 5.84 Å². The zero-order chi connectivity index (χ0) is 6.57. The zero-order valence-corrected chi connectivity index (χ0v) is 4.29. The van der Waals surface area contributed by atoms with Crippen molar-refractivity contribution in [2.45, 2.75) is 6.04 Å². The van der Waals surface area contributed by atoms with Gasteiger partial charge in [-0.3, -0.25) is 10.2 Å². The van der Waals surface area contributed by atoms with E-state index in [-0.39, 0.29) is 6.61 Å². The van der Waals surface area contributed by atoms with E-state index in [9.17, 15) is 4.79 Å². The van der Waals surface area contributed by atoms with Crippen LogP contribution in [0.3, 0.4) is 0 Å². The van der Waals surface area contributed by atoms with Crippen LogP contribution in [0.15, 0.2) is 0 Å². The molecule has 0 saturated heterocycles. The van der Waals surface area contributed by atoms with Crippen LogP contribution >= 0.6 is 0 Å². The second kappa shape index (κ2) is 3.36. The number of aliphatic hydroxyl groups excluding tert-OH is 1. The van der Waals surface area contributed by atoms with Crippen LogP contribution < -0.4 is 17.0 Å². The molecule has 0 heterocycles. The predicted molar refractivity (Wildman–Crippen MR) is 27.4 cm³/mol. The van der Waals surface area contributed by atoms with Crippen molar-refractivity contribution in [1.82, 2.24) is 5.43 Å². The lowest BCUT2D eigenvalue weighted by Crippen LogP contribution is -2.45. The van der Waals surface area contributed by atoms with Gasteiger partial charge in [0, 0.05) is 0 Å². The first-order chi connectivity index (χ1) is 3.72. The molecule has 0 spiro atoms. The molecule has 5 nitrogen and oxygen atoms in total. The summed E-state index contributed by atoms with van der Waals surface area (Å²) in [5.74, 6) is 4.10. The third-order valence-corrected chi connectivity index (χ3v) is 0.676. The van der Waals surface area contributed by atoms with Crippen LogP contribution in [0.5, 0.6) is 0 Å². The van der Waals surface area contributed by atoms with E-state index in [2.05, 4.69) is 5.84 Å². The minimum Gasteiger partial charge on any atom is -0.394 e. The van der Waals surface area contributed by atoms with Gasteiger partial charge in [-0.1, -0.05) is 0 Å². The maximum Gasteiger partial charge on any atom is 0.253 e. The molecule has 48 valence electrons. The highest BCUT2D eigenvalue weighted by Crippen LogP contribution is 1.70. The Bertz CT molecular complexity index is 84.6. The SMILES string of the molecule is NNC(=O)[C@H](N)CO. The standard InChI is InChI=1S/C3H9N3O2/c4-2(1-7)3(8)6-5/h2,7H,1,4-5H2,(H,6,8)/t2-/m1/s1. The van der Waals surface area contributed by atoms with E-state index in [1.54, 1.807) is 5.43 Å². The first-order valence-electron chi connectivity index (χ1n) is 2.09. The second-order valence-corrected chi connectivity index (χ2v) is 1.30. The molecule has 8 heavy (non-hydrogen) atoms. The minimum atomic E-state index is -0.903. The van der Waals surface area contributed by atoms with Gasteiger partial charge in [0.05, 0.1) is 6.61 Å². The molecule has 0 unspecified atom stereocenters. The molecule has 0 aliphatic rings. The average Bonchev–Trinajstić information content (AvgIpc) is 1.84. The highest BCUT2D eigenvalue weighted by Gasteiger charge is 2.07. The van der Waals surface area contributed by atoms with Gasteiger partial charge in [-0.05, 0) is 0 Å². The summed E-state index contributed by atoms with van der Waals surface area (Å²) in [5, 5.41) is 8.19. The van der Waals surface area contributed by atoms with Crippen LogP contribution in [0.2, 0.25) is 0 Å². The molecule has 0 aliphatic carbocycles. The van der Waals surface area contributed by atoms with Crippen LogP contribution in [0.1, 0.15) is 0 Å². The smallest absolute Gasteiger partial charge is 0.253 e. The normalized spacial score (nSPS) is 12.9. The maximum atomic E-state index is 10.2. The number of carbonyl (C=O) groups excluding carboxylic acids is 1. The molecule has 0 radical (unpaired) electrons. The first kappa shape index (κ1) is 7.35. The van der Waals surface area contributed by atoms with Gasteiger partial charge in [0.25, 0.3) is 5.91 Å².